The van der Waals surface area contributed by atoms with Gasteiger partial charge >= 0.3 is 0 Å². The molecule has 0 rings (SSSR count). The molecule has 0 N–H and O–H groups in total. The maximum atomic E-state index is 4.80. The molecule has 1 heteroatoms. The molecule has 0 bridgehead atoms. The van der Waals surface area contributed by atoms with Crippen LogP contribution < -0.4 is 0 Å². The van der Waals surface area contributed by atoms with Crippen molar-refractivity contribution in [1.29, 1.82) is 0 Å². The van der Waals surface area contributed by atoms with Crippen LogP contribution in [0, 0.1) is 24.7 Å². The first-order valence-corrected chi connectivity index (χ1v) is 1.83. The molecule has 0 aliphatic rings. The van der Waals surface area contributed by atoms with Crippen LogP contribution in [0.1, 0.15) is 0 Å². The van der Waals surface area contributed by atoms with Crippen molar-refractivity contribution in [1.82, 2.24) is 0 Å². The Morgan fingerprint density at radius 3 is 1.67 bits per heavy atom. The maximum Gasteiger partial charge on any atom is 0.0931 e. The lowest BCUT2D eigenvalue weighted by atomic mass is 10.5. The van der Waals surface area contributed by atoms with Crippen LogP contribution in [0.15, 0.2) is 0 Å². The van der Waals surface area contributed by atoms with Gasteiger partial charge in [0.15, 0.2) is 0 Å². The maximum absolute atomic E-state index is 4.80. The first kappa shape index (κ1) is 5.29. The topological polar surface area (TPSA) is 0 Å². The van der Waals surface area contributed by atoms with E-state index in [4.69, 9.17) is 12.8 Å². The number of rotatable bonds is 0. The van der Waals surface area contributed by atoms with E-state index in [1.165, 1.54) is 0 Å². The highest BCUT2D eigenvalue weighted by atomic mass is 31.0. The summed E-state index contributed by atoms with van der Waals surface area (Å²) in [4.78, 5) is 0. The zero-order chi connectivity index (χ0) is 4.99. The van der Waals surface area contributed by atoms with Gasteiger partial charge in [0.05, 0.1) is 5.29 Å². The van der Waals surface area contributed by atoms with E-state index in [1.807, 2.05) is 0 Å². The van der Waals surface area contributed by atoms with Crippen LogP contribution in [-0.4, -0.2) is 5.29 Å². The van der Waals surface area contributed by atoms with Crippen molar-refractivity contribution in [2.24, 2.45) is 0 Å². The van der Waals surface area contributed by atoms with Gasteiger partial charge in [0, 0.05) is 0 Å². The molecule has 0 aromatic rings. The summed E-state index contributed by atoms with van der Waals surface area (Å²) in [6.07, 6.45) is 9.61. The monoisotopic (exact) mass is 94.0 g/mol. The van der Waals surface area contributed by atoms with Crippen molar-refractivity contribution in [3.05, 3.63) is 0 Å². The zero-order valence-corrected chi connectivity index (χ0v) is 4.15. The summed E-state index contributed by atoms with van der Waals surface area (Å²) in [5, 5.41) is 0.454. The predicted molar refractivity (Wildman–Crippen MR) is 31.0 cm³/mol. The Hall–Kier alpha value is -0.710. The van der Waals surface area contributed by atoms with Crippen LogP contribution in [0.25, 0.3) is 0 Å². The molecule has 28 valence electrons. The van der Waals surface area contributed by atoms with Gasteiger partial charge in [0.2, 0.25) is 0 Å². The summed E-state index contributed by atoms with van der Waals surface area (Å²) < 4.78 is 0. The van der Waals surface area contributed by atoms with Gasteiger partial charge in [-0.3, -0.25) is 0 Å². The van der Waals surface area contributed by atoms with Gasteiger partial charge in [-0.15, -0.1) is 12.8 Å². The highest BCUT2D eigenvalue weighted by Gasteiger charge is 1.67. The van der Waals surface area contributed by atoms with Crippen molar-refractivity contribution in [3.63, 3.8) is 0 Å². The van der Waals surface area contributed by atoms with E-state index in [0.717, 1.165) is 0 Å². The molecule has 0 radical (unpaired) electrons. The van der Waals surface area contributed by atoms with E-state index in [9.17, 15) is 0 Å². The lowest BCUT2D eigenvalue weighted by molar-refractivity contribution is 2.70. The molecule has 0 aliphatic heterocycles. The van der Waals surface area contributed by atoms with E-state index in [1.54, 1.807) is 0 Å². The first-order valence-electron chi connectivity index (χ1n) is 1.33. The highest BCUT2D eigenvalue weighted by Crippen LogP contribution is 1.68. The fourth-order valence-corrected chi connectivity index (χ4v) is 0.0417. The van der Waals surface area contributed by atoms with Crippen LogP contribution in [0.4, 0.5) is 0 Å². The fourth-order valence-electron chi connectivity index (χ4n) is 0.0417. The molecule has 0 fully saturated rings. The van der Waals surface area contributed by atoms with Gasteiger partial charge in [0.25, 0.3) is 0 Å². The van der Waals surface area contributed by atoms with Gasteiger partial charge < -0.3 is 0 Å². The lowest BCUT2D eigenvalue weighted by Crippen LogP contribution is -1.75. The minimum absolute atomic E-state index is 0.454. The smallest absolute Gasteiger partial charge is 0.0931 e. The third-order valence-corrected chi connectivity index (χ3v) is 0.577. The Bertz CT molecular complexity index is 115. The summed E-state index contributed by atoms with van der Waals surface area (Å²) in [6, 6.07) is 0. The summed E-state index contributed by atoms with van der Waals surface area (Å²) in [7, 11) is 2.96. The Kier molecular flexibility index (Phi) is 2.22. The average Bonchev–Trinajstić information content (AvgIpc) is 1.65. The Morgan fingerprint density at radius 1 is 1.33 bits per heavy atom. The molecule has 0 atom stereocenters. The van der Waals surface area contributed by atoms with Crippen LogP contribution in [0.5, 0.6) is 0 Å². The summed E-state index contributed by atoms with van der Waals surface area (Å²) >= 11 is 0. The Labute approximate surface area is 39.8 Å². The molecular weight excluding hydrogens is 91.0 g/mol. The number of terminal acetylenes is 2. The second kappa shape index (κ2) is 2.52. The molecule has 0 nitrogen and oxygen atoms in total. The third-order valence-electron chi connectivity index (χ3n) is 0.289. The first-order chi connectivity index (χ1) is 2.81. The largest absolute Gasteiger partial charge is 0.114 e. The van der Waals surface area contributed by atoms with E-state index in [0.29, 0.717) is 5.29 Å². The van der Waals surface area contributed by atoms with Gasteiger partial charge in [-0.25, -0.2) is 0 Å². The van der Waals surface area contributed by atoms with Crippen LogP contribution in [0.3, 0.4) is 0 Å². The minimum Gasteiger partial charge on any atom is -0.114 e. The molecule has 0 amide bonds. The van der Waals surface area contributed by atoms with Crippen molar-refractivity contribution in [3.8, 4) is 24.7 Å². The lowest BCUT2D eigenvalue weighted by Gasteiger charge is -1.66. The number of hydrogen-bond acceptors (Lipinski definition) is 0. The second-order valence-electron chi connectivity index (χ2n) is 0.664. The van der Waals surface area contributed by atoms with Crippen molar-refractivity contribution >= 4 is 14.2 Å². The molecule has 0 spiro atoms. The molecular formula is C5H3P. The van der Waals surface area contributed by atoms with Crippen LogP contribution >= 0.6 is 8.86 Å². The molecule has 0 aromatic heterocycles. The molecule has 0 aromatic carbocycles. The van der Waals surface area contributed by atoms with E-state index in [2.05, 4.69) is 20.7 Å². The zero-order valence-electron chi connectivity index (χ0n) is 3.15. The third kappa shape index (κ3) is 1.59. The summed E-state index contributed by atoms with van der Waals surface area (Å²) in [5.74, 6) is 4.42. The van der Waals surface area contributed by atoms with E-state index >= 15 is 0 Å². The fraction of sp³-hybridized carbons (Fsp3) is 0. The van der Waals surface area contributed by atoms with Crippen LogP contribution in [0.2, 0.25) is 0 Å². The normalized spacial score (nSPS) is 5.00. The Balaban J connectivity index is 3.75. The molecule has 0 aliphatic carbocycles. The van der Waals surface area contributed by atoms with Gasteiger partial charge in [-0.2, -0.15) is 0 Å². The molecule has 0 saturated carbocycles. The quantitative estimate of drug-likeness (QED) is 0.304. The van der Waals surface area contributed by atoms with Crippen LogP contribution in [-0.2, 0) is 0 Å². The average molecular weight is 94.1 g/mol. The molecule has 0 heterocycles. The van der Waals surface area contributed by atoms with Crippen molar-refractivity contribution in [2.75, 3.05) is 0 Å². The van der Waals surface area contributed by atoms with Gasteiger partial charge in [-0.1, -0.05) is 20.7 Å². The summed E-state index contributed by atoms with van der Waals surface area (Å²) in [6.45, 7) is 0. The predicted octanol–water partition coefficient (Wildman–Crippen LogP) is 0.568. The molecule has 0 unspecified atom stereocenters. The van der Waals surface area contributed by atoms with Gasteiger partial charge in [0.1, 0.15) is 0 Å². The standard InChI is InChI=1S/C5H3P/c1-3-5(6)4-2/h1-2,6H. The SMILES string of the molecule is C#CC(=P)C#C. The summed E-state index contributed by atoms with van der Waals surface area (Å²) in [5.41, 5.74) is 0. The number of hydrogen-bond donors (Lipinski definition) is 0. The molecule has 0 saturated heterocycles. The molecule has 6 heavy (non-hydrogen) atoms. The minimum atomic E-state index is 0.454. The van der Waals surface area contributed by atoms with Gasteiger partial charge in [-0.05, 0) is 0 Å². The Morgan fingerprint density at radius 2 is 1.67 bits per heavy atom. The van der Waals surface area contributed by atoms with E-state index in [-0.39, 0.29) is 0 Å². The van der Waals surface area contributed by atoms with Crippen molar-refractivity contribution in [2.45, 2.75) is 0 Å². The van der Waals surface area contributed by atoms with E-state index < -0.39 is 0 Å². The van der Waals surface area contributed by atoms with Crippen molar-refractivity contribution < 1.29 is 0 Å². The highest BCUT2D eigenvalue weighted by molar-refractivity contribution is 7.23. The second-order valence-corrected chi connectivity index (χ2v) is 1.16.